The summed E-state index contributed by atoms with van der Waals surface area (Å²) in [6.45, 7) is 4.41. The first-order valence-electron chi connectivity index (χ1n) is 9.94. The van der Waals surface area contributed by atoms with Crippen molar-refractivity contribution in [1.82, 2.24) is 25.5 Å². The number of carbonyl (C=O) groups is 1. The van der Waals surface area contributed by atoms with Gasteiger partial charge in [0.25, 0.3) is 5.56 Å². The van der Waals surface area contributed by atoms with Crippen LogP contribution in [0.25, 0.3) is 11.4 Å². The first-order valence-corrected chi connectivity index (χ1v) is 9.94. The number of nitrogens with zero attached hydrogens (tertiary/aromatic N) is 3. The number of hydrogen-bond acceptors (Lipinski definition) is 6. The van der Waals surface area contributed by atoms with Crippen LogP contribution in [-0.4, -0.2) is 32.2 Å². The normalized spacial score (nSPS) is 11.7. The van der Waals surface area contributed by atoms with Gasteiger partial charge < -0.3 is 15.0 Å². The fraction of sp³-hybridized carbons (Fsp3) is 0.318. The fourth-order valence-corrected chi connectivity index (χ4v) is 2.67. The van der Waals surface area contributed by atoms with E-state index in [2.05, 4.69) is 32.4 Å². The van der Waals surface area contributed by atoms with Crippen molar-refractivity contribution < 1.29 is 9.53 Å². The third kappa shape index (κ3) is 5.97. The van der Waals surface area contributed by atoms with E-state index < -0.39 is 0 Å². The highest BCUT2D eigenvalue weighted by atomic mass is 16.5. The van der Waals surface area contributed by atoms with Crippen molar-refractivity contribution >= 4 is 5.91 Å². The van der Waals surface area contributed by atoms with Crippen LogP contribution in [0.4, 0.5) is 0 Å². The fourth-order valence-electron chi connectivity index (χ4n) is 2.67. The first-order chi connectivity index (χ1) is 14.5. The van der Waals surface area contributed by atoms with Gasteiger partial charge in [-0.05, 0) is 49.7 Å². The van der Waals surface area contributed by atoms with Crippen molar-refractivity contribution in [3.63, 3.8) is 0 Å². The minimum Gasteiger partial charge on any atom is -0.491 e. The van der Waals surface area contributed by atoms with Gasteiger partial charge in [-0.2, -0.15) is 0 Å². The summed E-state index contributed by atoms with van der Waals surface area (Å²) in [5.41, 5.74) is 1.38. The number of ether oxygens (including phenoxy) is 1. The van der Waals surface area contributed by atoms with Crippen molar-refractivity contribution in [2.24, 2.45) is 0 Å². The first kappa shape index (κ1) is 21.2. The lowest BCUT2D eigenvalue weighted by Crippen LogP contribution is -2.25. The van der Waals surface area contributed by atoms with E-state index >= 15 is 0 Å². The maximum absolute atomic E-state index is 12.3. The average molecular weight is 407 g/mol. The highest BCUT2D eigenvalue weighted by Crippen LogP contribution is 2.19. The van der Waals surface area contributed by atoms with Crippen molar-refractivity contribution in [3.8, 4) is 17.1 Å². The summed E-state index contributed by atoms with van der Waals surface area (Å²) in [7, 11) is 0. The Hall–Kier alpha value is -3.55. The summed E-state index contributed by atoms with van der Waals surface area (Å²) in [4.78, 5) is 31.2. The Morgan fingerprint density at radius 3 is 2.63 bits per heavy atom. The second kappa shape index (κ2) is 10.3. The summed E-state index contributed by atoms with van der Waals surface area (Å²) in [6, 6.07) is 12.8. The molecule has 0 fully saturated rings. The maximum Gasteiger partial charge on any atom is 0.273 e. The Morgan fingerprint density at radius 2 is 1.97 bits per heavy atom. The maximum atomic E-state index is 12.3. The van der Waals surface area contributed by atoms with Gasteiger partial charge in [0.05, 0.1) is 18.3 Å². The predicted molar refractivity (Wildman–Crippen MR) is 113 cm³/mol. The molecule has 1 amide bonds. The molecule has 3 aromatic rings. The van der Waals surface area contributed by atoms with Crippen LogP contribution in [0.15, 0.2) is 53.5 Å². The molecule has 8 nitrogen and oxygen atoms in total. The van der Waals surface area contributed by atoms with Crippen LogP contribution < -0.4 is 15.6 Å². The van der Waals surface area contributed by atoms with Crippen molar-refractivity contribution in [2.75, 3.05) is 0 Å². The third-order valence-corrected chi connectivity index (χ3v) is 4.59. The van der Waals surface area contributed by atoms with Crippen molar-refractivity contribution in [1.29, 1.82) is 0 Å². The minimum atomic E-state index is -0.350. The zero-order valence-corrected chi connectivity index (χ0v) is 17.1. The number of nitrogens with one attached hydrogen (secondary N) is 2. The number of aromatic nitrogens is 4. The second-order valence-electron chi connectivity index (χ2n) is 6.91. The SMILES string of the molecule is CC[C@H](C)Oc1ccc(-c2nnc(CCC(=O)NCc3ccccn3)c(=O)[nH]2)cc1. The molecule has 0 aliphatic carbocycles. The van der Waals surface area contributed by atoms with Crippen molar-refractivity contribution in [2.45, 2.75) is 45.8 Å². The molecule has 2 aromatic heterocycles. The summed E-state index contributed by atoms with van der Waals surface area (Å²) in [5, 5.41) is 10.9. The number of H-pyrrole nitrogens is 1. The number of hydrogen-bond donors (Lipinski definition) is 2. The van der Waals surface area contributed by atoms with Crippen LogP contribution in [0.1, 0.15) is 38.1 Å². The molecule has 0 spiro atoms. The highest BCUT2D eigenvalue weighted by molar-refractivity contribution is 5.76. The van der Waals surface area contributed by atoms with Gasteiger partial charge in [0, 0.05) is 24.6 Å². The number of aromatic amines is 1. The monoisotopic (exact) mass is 407 g/mol. The molecule has 0 aliphatic rings. The third-order valence-electron chi connectivity index (χ3n) is 4.59. The number of benzene rings is 1. The summed E-state index contributed by atoms with van der Waals surface area (Å²) < 4.78 is 5.75. The van der Waals surface area contributed by atoms with Gasteiger partial charge in [-0.15, -0.1) is 10.2 Å². The lowest BCUT2D eigenvalue weighted by Gasteiger charge is -2.12. The molecule has 0 aliphatic heterocycles. The Morgan fingerprint density at radius 1 is 1.17 bits per heavy atom. The van der Waals surface area contributed by atoms with Crippen LogP contribution in [0.3, 0.4) is 0 Å². The lowest BCUT2D eigenvalue weighted by molar-refractivity contribution is -0.121. The van der Waals surface area contributed by atoms with E-state index in [0.717, 1.165) is 23.4 Å². The largest absolute Gasteiger partial charge is 0.491 e. The number of carbonyl (C=O) groups excluding carboxylic acids is 1. The number of amides is 1. The number of pyridine rings is 1. The molecule has 0 saturated carbocycles. The highest BCUT2D eigenvalue weighted by Gasteiger charge is 2.10. The Balaban J connectivity index is 1.56. The van der Waals surface area contributed by atoms with E-state index in [1.807, 2.05) is 49.4 Å². The smallest absolute Gasteiger partial charge is 0.273 e. The van der Waals surface area contributed by atoms with E-state index in [-0.39, 0.29) is 36.1 Å². The van der Waals surface area contributed by atoms with Gasteiger partial charge in [-0.3, -0.25) is 14.6 Å². The Labute approximate surface area is 174 Å². The quantitative estimate of drug-likeness (QED) is 0.564. The lowest BCUT2D eigenvalue weighted by atomic mass is 10.2. The van der Waals surface area contributed by atoms with Gasteiger partial charge >= 0.3 is 0 Å². The summed E-state index contributed by atoms with van der Waals surface area (Å²) in [5.74, 6) is 0.956. The van der Waals surface area contributed by atoms with Crippen molar-refractivity contribution in [3.05, 3.63) is 70.4 Å². The molecule has 0 unspecified atom stereocenters. The van der Waals surface area contributed by atoms with Gasteiger partial charge in [-0.1, -0.05) is 13.0 Å². The standard InChI is InChI=1S/C22H25N5O3/c1-3-15(2)30-18-9-7-16(8-10-18)21-25-22(29)19(26-27-21)11-12-20(28)24-14-17-6-4-5-13-23-17/h4-10,13,15H,3,11-12,14H2,1-2H3,(H,24,28)(H,25,27,29)/t15-/m0/s1. The molecule has 1 aromatic carbocycles. The molecule has 0 saturated heterocycles. The second-order valence-corrected chi connectivity index (χ2v) is 6.91. The van der Waals surface area contributed by atoms with Gasteiger partial charge in [-0.25, -0.2) is 0 Å². The van der Waals surface area contributed by atoms with Crippen LogP contribution in [0, 0.1) is 0 Å². The molecule has 0 bridgehead atoms. The average Bonchev–Trinajstić information content (AvgIpc) is 2.78. The molecule has 2 N–H and O–H groups in total. The van der Waals surface area contributed by atoms with Crippen LogP contribution in [0.5, 0.6) is 5.75 Å². The van der Waals surface area contributed by atoms with Crippen LogP contribution in [0.2, 0.25) is 0 Å². The van der Waals surface area contributed by atoms with E-state index in [0.29, 0.717) is 12.4 Å². The molecule has 30 heavy (non-hydrogen) atoms. The molecule has 1 atom stereocenters. The molecule has 8 heteroatoms. The number of rotatable bonds is 9. The molecular formula is C22H25N5O3. The summed E-state index contributed by atoms with van der Waals surface area (Å²) in [6.07, 6.45) is 3.08. The van der Waals surface area contributed by atoms with Gasteiger partial charge in [0.15, 0.2) is 5.82 Å². The van der Waals surface area contributed by atoms with Crippen LogP contribution >= 0.6 is 0 Å². The molecule has 156 valence electrons. The van der Waals surface area contributed by atoms with E-state index in [1.54, 1.807) is 6.20 Å². The van der Waals surface area contributed by atoms with Crippen LogP contribution in [-0.2, 0) is 17.8 Å². The van der Waals surface area contributed by atoms with Gasteiger partial charge in [0.1, 0.15) is 11.4 Å². The molecule has 0 radical (unpaired) electrons. The Bertz CT molecular complexity index is 1020. The zero-order chi connectivity index (χ0) is 21.3. The minimum absolute atomic E-state index is 0.135. The molecule has 2 heterocycles. The molecule has 3 rings (SSSR count). The van der Waals surface area contributed by atoms with E-state index in [1.165, 1.54) is 0 Å². The van der Waals surface area contributed by atoms with Gasteiger partial charge in [0.2, 0.25) is 5.91 Å². The Kier molecular flexibility index (Phi) is 7.26. The zero-order valence-electron chi connectivity index (χ0n) is 17.1. The predicted octanol–water partition coefficient (Wildman–Crippen LogP) is 2.65. The summed E-state index contributed by atoms with van der Waals surface area (Å²) >= 11 is 0. The van der Waals surface area contributed by atoms with E-state index in [4.69, 9.17) is 4.74 Å². The van der Waals surface area contributed by atoms with E-state index in [9.17, 15) is 9.59 Å². The topological polar surface area (TPSA) is 110 Å². The number of aryl methyl sites for hydroxylation is 1. The molecular weight excluding hydrogens is 382 g/mol.